The van der Waals surface area contributed by atoms with E-state index in [9.17, 15) is 34.5 Å². The third-order valence-corrected chi connectivity index (χ3v) is 14.1. The van der Waals surface area contributed by atoms with Crippen molar-refractivity contribution in [3.63, 3.8) is 0 Å². The minimum atomic E-state index is -1.91. The first-order chi connectivity index (χ1) is 37.6. The predicted octanol–water partition coefficient (Wildman–Crippen LogP) is 16.3. The number of hydrogen-bond donors (Lipinski definition) is 3. The normalized spacial score (nSPS) is 18.4. The van der Waals surface area contributed by atoms with Crippen molar-refractivity contribution in [2.45, 2.75) is 314 Å². The number of unbranched alkanes of at least 4 members (excludes halogenated alkanes) is 29. The number of hydrogen-bond acceptors (Lipinski definition) is 11. The largest absolute Gasteiger partial charge is 0.479 e. The van der Waals surface area contributed by atoms with E-state index in [2.05, 4.69) is 81.5 Å². The van der Waals surface area contributed by atoms with Crippen molar-refractivity contribution < 1.29 is 58.2 Å². The number of carbonyl (C=O) groups is 4. The molecule has 0 aromatic carbocycles. The van der Waals surface area contributed by atoms with E-state index in [1.165, 1.54) is 116 Å². The van der Waals surface area contributed by atoms with Crippen molar-refractivity contribution in [2.75, 3.05) is 13.2 Å². The number of esters is 3. The number of allylic oxidation sites excluding steroid dienone is 10. The summed E-state index contributed by atoms with van der Waals surface area (Å²) >= 11 is 0. The Labute approximate surface area is 468 Å². The van der Waals surface area contributed by atoms with Gasteiger partial charge in [0.25, 0.3) is 0 Å². The van der Waals surface area contributed by atoms with Crippen LogP contribution in [-0.2, 0) is 42.9 Å². The molecule has 0 aliphatic carbocycles. The van der Waals surface area contributed by atoms with Crippen molar-refractivity contribution in [3.05, 3.63) is 60.8 Å². The van der Waals surface area contributed by atoms with Crippen molar-refractivity contribution in [1.82, 2.24) is 0 Å². The third kappa shape index (κ3) is 43.0. The van der Waals surface area contributed by atoms with E-state index >= 15 is 0 Å². The lowest BCUT2D eigenvalue weighted by molar-refractivity contribution is -0.301. The molecule has 0 bridgehead atoms. The number of aliphatic hydroxyl groups excluding tert-OH is 2. The Balaban J connectivity index is 2.66. The van der Waals surface area contributed by atoms with Gasteiger partial charge in [-0.1, -0.05) is 236 Å². The van der Waals surface area contributed by atoms with Crippen LogP contribution < -0.4 is 0 Å². The fourth-order valence-electron chi connectivity index (χ4n) is 9.30. The molecule has 444 valence electrons. The fraction of sp³-hybridized carbons (Fsp3) is 0.785. The molecule has 12 nitrogen and oxygen atoms in total. The number of carboxylic acids is 1. The van der Waals surface area contributed by atoms with E-state index in [0.29, 0.717) is 19.3 Å². The van der Waals surface area contributed by atoms with E-state index < -0.39 is 67.3 Å². The smallest absolute Gasteiger partial charge is 0.335 e. The summed E-state index contributed by atoms with van der Waals surface area (Å²) in [6, 6.07) is 0. The summed E-state index contributed by atoms with van der Waals surface area (Å²) in [5.41, 5.74) is 0. The highest BCUT2D eigenvalue weighted by Gasteiger charge is 2.50. The highest BCUT2D eigenvalue weighted by atomic mass is 16.7. The highest BCUT2D eigenvalue weighted by molar-refractivity contribution is 5.74. The Bertz CT molecular complexity index is 1570. The summed E-state index contributed by atoms with van der Waals surface area (Å²) < 4.78 is 28.4. The number of aliphatic hydroxyl groups is 2. The van der Waals surface area contributed by atoms with Crippen LogP contribution in [0, 0.1) is 0 Å². The van der Waals surface area contributed by atoms with Crippen LogP contribution in [0.3, 0.4) is 0 Å². The second kappa shape index (κ2) is 53.1. The summed E-state index contributed by atoms with van der Waals surface area (Å²) in [5, 5.41) is 31.5. The van der Waals surface area contributed by atoms with Gasteiger partial charge in [0.05, 0.1) is 6.61 Å². The minimum absolute atomic E-state index is 0.0411. The number of carboxylic acid groups (broad SMARTS) is 1. The zero-order chi connectivity index (χ0) is 56.1. The van der Waals surface area contributed by atoms with E-state index in [-0.39, 0.29) is 25.9 Å². The van der Waals surface area contributed by atoms with Gasteiger partial charge in [-0.25, -0.2) is 4.79 Å². The average molecular weight is 1090 g/mol. The first-order valence-corrected chi connectivity index (χ1v) is 31.3. The summed E-state index contributed by atoms with van der Waals surface area (Å²) in [6.45, 7) is 5.85. The molecule has 1 aliphatic rings. The lowest BCUT2D eigenvalue weighted by atomic mass is 9.98. The molecule has 3 N–H and O–H groups in total. The van der Waals surface area contributed by atoms with Crippen molar-refractivity contribution in [2.24, 2.45) is 0 Å². The molecule has 0 radical (unpaired) electrons. The molecule has 77 heavy (non-hydrogen) atoms. The molecular weight excluding hydrogens is 973 g/mol. The van der Waals surface area contributed by atoms with Crippen LogP contribution in [0.5, 0.6) is 0 Å². The van der Waals surface area contributed by atoms with Gasteiger partial charge in [-0.2, -0.15) is 0 Å². The zero-order valence-corrected chi connectivity index (χ0v) is 49.0. The Hall–Kier alpha value is -3.58. The second-order valence-corrected chi connectivity index (χ2v) is 21.3. The number of carbonyl (C=O) groups excluding carboxylic acids is 3. The molecule has 0 aromatic rings. The Morgan fingerprint density at radius 1 is 0.442 bits per heavy atom. The fourth-order valence-corrected chi connectivity index (χ4v) is 9.30. The van der Waals surface area contributed by atoms with Gasteiger partial charge in [-0.3, -0.25) is 14.4 Å². The van der Waals surface area contributed by atoms with E-state index in [4.69, 9.17) is 23.7 Å². The van der Waals surface area contributed by atoms with Gasteiger partial charge in [-0.15, -0.1) is 0 Å². The van der Waals surface area contributed by atoms with E-state index in [1.54, 1.807) is 0 Å². The second-order valence-electron chi connectivity index (χ2n) is 21.3. The Morgan fingerprint density at radius 3 is 1.29 bits per heavy atom. The van der Waals surface area contributed by atoms with Crippen LogP contribution in [-0.4, -0.2) is 89.2 Å². The maximum absolute atomic E-state index is 13.1. The molecule has 6 unspecified atom stereocenters. The van der Waals surface area contributed by atoms with Crippen molar-refractivity contribution >= 4 is 23.9 Å². The van der Waals surface area contributed by atoms with Crippen LogP contribution in [0.15, 0.2) is 60.8 Å². The van der Waals surface area contributed by atoms with Crippen LogP contribution >= 0.6 is 0 Å². The predicted molar refractivity (Wildman–Crippen MR) is 312 cm³/mol. The molecule has 1 saturated heterocycles. The topological polar surface area (TPSA) is 175 Å². The van der Waals surface area contributed by atoms with Gasteiger partial charge >= 0.3 is 23.9 Å². The average Bonchev–Trinajstić information content (AvgIpc) is 3.42. The molecule has 0 aromatic heterocycles. The number of aliphatic carboxylic acids is 1. The SMILES string of the molecule is CC/C=C\C/C=C\C/C=C\CCCCCC(=O)OC(COC(=O)CCCCCCCCCCCCCCCCCCCCC)COC1OC(C(=O)O)C(O)C(O)C1OC(=O)CCCCCCC/C=C\C/C=C\CCCCC. The number of ether oxygens (including phenoxy) is 5. The van der Waals surface area contributed by atoms with Crippen LogP contribution in [0.25, 0.3) is 0 Å². The van der Waals surface area contributed by atoms with Crippen LogP contribution in [0.4, 0.5) is 0 Å². The molecule has 1 heterocycles. The maximum Gasteiger partial charge on any atom is 0.335 e. The first-order valence-electron chi connectivity index (χ1n) is 31.3. The maximum atomic E-state index is 13.1. The van der Waals surface area contributed by atoms with Gasteiger partial charge in [0.1, 0.15) is 18.8 Å². The van der Waals surface area contributed by atoms with E-state index in [0.717, 1.165) is 103 Å². The van der Waals surface area contributed by atoms with Gasteiger partial charge in [-0.05, 0) is 83.5 Å². The summed E-state index contributed by atoms with van der Waals surface area (Å²) in [5.74, 6) is -3.16. The monoisotopic (exact) mass is 1080 g/mol. The minimum Gasteiger partial charge on any atom is -0.479 e. The molecule has 1 fully saturated rings. The van der Waals surface area contributed by atoms with Crippen molar-refractivity contribution in [3.8, 4) is 0 Å². The van der Waals surface area contributed by atoms with Gasteiger partial charge in [0, 0.05) is 19.3 Å². The summed E-state index contributed by atoms with van der Waals surface area (Å²) in [4.78, 5) is 51.2. The van der Waals surface area contributed by atoms with Gasteiger partial charge in [0.15, 0.2) is 24.6 Å². The molecule has 0 spiro atoms. The zero-order valence-electron chi connectivity index (χ0n) is 49.0. The Kier molecular flexibility index (Phi) is 49.2. The van der Waals surface area contributed by atoms with Crippen molar-refractivity contribution in [1.29, 1.82) is 0 Å². The molecule has 0 amide bonds. The lowest BCUT2D eigenvalue weighted by Crippen LogP contribution is -2.61. The molecule has 0 saturated carbocycles. The van der Waals surface area contributed by atoms with Gasteiger partial charge < -0.3 is 39.0 Å². The standard InChI is InChI=1S/C65H112O12/c1-4-7-10-13-16-19-22-25-27-28-29-30-32-34-36-39-42-45-48-51-57(66)73-54-56(75-58(67)52-49-46-43-40-37-33-24-21-18-15-12-9-6-3)55-74-65-63(61(70)60(69)62(77-65)64(71)72)76-59(68)53-50-47-44-41-38-35-31-26-23-20-17-14-11-8-5-2/h9,12,17-18,20-21,26,31,33,37,56,60-63,65,69-70H,4-8,10-11,13-16,19,22-25,27-30,32,34-36,38-55H2,1-3H3,(H,71,72)/b12-9-,20-17-,21-18-,31-26-,37-33-. The summed E-state index contributed by atoms with van der Waals surface area (Å²) in [6.07, 6.45) is 53.4. The number of rotatable bonds is 53. The molecule has 1 aliphatic heterocycles. The highest BCUT2D eigenvalue weighted by Crippen LogP contribution is 2.26. The van der Waals surface area contributed by atoms with Crippen LogP contribution in [0.1, 0.15) is 278 Å². The van der Waals surface area contributed by atoms with Gasteiger partial charge in [0.2, 0.25) is 0 Å². The quantitative estimate of drug-likeness (QED) is 0.0228. The van der Waals surface area contributed by atoms with E-state index in [1.807, 2.05) is 0 Å². The summed E-state index contributed by atoms with van der Waals surface area (Å²) in [7, 11) is 0. The molecule has 6 atom stereocenters. The molecular formula is C65H112O12. The third-order valence-electron chi connectivity index (χ3n) is 14.1. The molecule has 1 rings (SSSR count). The Morgan fingerprint density at radius 2 is 0.818 bits per heavy atom. The van der Waals surface area contributed by atoms with Crippen LogP contribution in [0.2, 0.25) is 0 Å². The first kappa shape index (κ1) is 71.4. The lowest BCUT2D eigenvalue weighted by Gasteiger charge is -2.40. The molecule has 12 heteroatoms.